The molecule has 2 nitrogen and oxygen atoms in total. The van der Waals surface area contributed by atoms with E-state index in [-0.39, 0.29) is 0 Å². The molecule has 0 atom stereocenters. The number of aliphatic hydroxyl groups is 1. The quantitative estimate of drug-likeness (QED) is 0.564. The Morgan fingerprint density at radius 1 is 0.875 bits per heavy atom. The molecular formula is C14H31NO. The predicted molar refractivity (Wildman–Crippen MR) is 71.6 cm³/mol. The van der Waals surface area contributed by atoms with Crippen LogP contribution in [0.1, 0.15) is 59.8 Å². The molecule has 2 N–H and O–H groups in total. The van der Waals surface area contributed by atoms with Gasteiger partial charge in [-0.1, -0.05) is 27.7 Å². The van der Waals surface area contributed by atoms with Gasteiger partial charge in [0, 0.05) is 12.6 Å². The van der Waals surface area contributed by atoms with Gasteiger partial charge in [0.1, 0.15) is 0 Å². The van der Waals surface area contributed by atoms with E-state index in [0.717, 1.165) is 31.2 Å². The Hall–Kier alpha value is -0.0800. The summed E-state index contributed by atoms with van der Waals surface area (Å²) in [6.45, 7) is 10.6. The van der Waals surface area contributed by atoms with Gasteiger partial charge in [0.15, 0.2) is 0 Å². The molecule has 0 radical (unpaired) electrons. The molecule has 0 unspecified atom stereocenters. The molecule has 0 aliphatic heterocycles. The van der Waals surface area contributed by atoms with Gasteiger partial charge < -0.3 is 10.4 Å². The van der Waals surface area contributed by atoms with Gasteiger partial charge in [-0.05, 0) is 50.5 Å². The SMILES string of the molecule is CC(C)CC(CC(C)C)NCCCCCO. The molecule has 0 saturated carbocycles. The largest absolute Gasteiger partial charge is 0.396 e. The third kappa shape index (κ3) is 10.4. The monoisotopic (exact) mass is 229 g/mol. The Balaban J connectivity index is 3.65. The second-order valence-corrected chi connectivity index (χ2v) is 5.69. The minimum atomic E-state index is 0.335. The third-order valence-corrected chi connectivity index (χ3v) is 2.78. The summed E-state index contributed by atoms with van der Waals surface area (Å²) in [5.74, 6) is 1.54. The summed E-state index contributed by atoms with van der Waals surface area (Å²) < 4.78 is 0. The van der Waals surface area contributed by atoms with Crippen LogP contribution in [0.15, 0.2) is 0 Å². The van der Waals surface area contributed by atoms with Gasteiger partial charge in [-0.2, -0.15) is 0 Å². The van der Waals surface area contributed by atoms with Crippen LogP contribution in [-0.4, -0.2) is 24.3 Å². The van der Waals surface area contributed by atoms with Gasteiger partial charge in [-0.25, -0.2) is 0 Å². The average molecular weight is 229 g/mol. The first-order valence-electron chi connectivity index (χ1n) is 6.90. The highest BCUT2D eigenvalue weighted by Gasteiger charge is 2.11. The first-order chi connectivity index (χ1) is 7.56. The van der Waals surface area contributed by atoms with Crippen molar-refractivity contribution in [1.29, 1.82) is 0 Å². The normalized spacial score (nSPS) is 12.0. The molecule has 0 spiro atoms. The molecule has 0 heterocycles. The maximum atomic E-state index is 8.69. The fraction of sp³-hybridized carbons (Fsp3) is 1.00. The minimum Gasteiger partial charge on any atom is -0.396 e. The van der Waals surface area contributed by atoms with Crippen molar-refractivity contribution < 1.29 is 5.11 Å². The standard InChI is InChI=1S/C14H31NO/c1-12(2)10-14(11-13(3)4)15-8-6-5-7-9-16/h12-16H,5-11H2,1-4H3. The van der Waals surface area contributed by atoms with Gasteiger partial charge in [0.25, 0.3) is 0 Å². The summed E-state index contributed by atoms with van der Waals surface area (Å²) in [4.78, 5) is 0. The Bertz CT molecular complexity index is 136. The van der Waals surface area contributed by atoms with E-state index in [1.165, 1.54) is 19.3 Å². The number of hydrogen-bond acceptors (Lipinski definition) is 2. The molecule has 98 valence electrons. The number of rotatable bonds is 10. The zero-order chi connectivity index (χ0) is 12.4. The minimum absolute atomic E-state index is 0.335. The molecule has 2 heteroatoms. The molecule has 0 aromatic carbocycles. The molecule has 0 amide bonds. The summed E-state index contributed by atoms with van der Waals surface area (Å²) >= 11 is 0. The summed E-state index contributed by atoms with van der Waals surface area (Å²) in [5, 5.41) is 12.4. The lowest BCUT2D eigenvalue weighted by Crippen LogP contribution is -2.32. The molecular weight excluding hydrogens is 198 g/mol. The highest BCUT2D eigenvalue weighted by atomic mass is 16.2. The lowest BCUT2D eigenvalue weighted by atomic mass is 9.95. The van der Waals surface area contributed by atoms with Crippen LogP contribution in [0.2, 0.25) is 0 Å². The van der Waals surface area contributed by atoms with Crippen molar-refractivity contribution in [3.63, 3.8) is 0 Å². The maximum absolute atomic E-state index is 8.69. The fourth-order valence-corrected chi connectivity index (χ4v) is 2.12. The van der Waals surface area contributed by atoms with E-state index >= 15 is 0 Å². The maximum Gasteiger partial charge on any atom is 0.0431 e. The number of nitrogens with one attached hydrogen (secondary N) is 1. The fourth-order valence-electron chi connectivity index (χ4n) is 2.12. The van der Waals surface area contributed by atoms with E-state index in [4.69, 9.17) is 5.11 Å². The van der Waals surface area contributed by atoms with Crippen molar-refractivity contribution in [1.82, 2.24) is 5.32 Å². The Kier molecular flexibility index (Phi) is 10.0. The lowest BCUT2D eigenvalue weighted by molar-refractivity contribution is 0.281. The van der Waals surface area contributed by atoms with Crippen LogP contribution >= 0.6 is 0 Å². The van der Waals surface area contributed by atoms with E-state index in [2.05, 4.69) is 33.0 Å². The van der Waals surface area contributed by atoms with Crippen LogP contribution in [0.25, 0.3) is 0 Å². The second-order valence-electron chi connectivity index (χ2n) is 5.69. The van der Waals surface area contributed by atoms with Crippen molar-refractivity contribution in [2.75, 3.05) is 13.2 Å². The van der Waals surface area contributed by atoms with E-state index < -0.39 is 0 Å². The first-order valence-corrected chi connectivity index (χ1v) is 6.90. The van der Waals surface area contributed by atoms with Crippen LogP contribution in [0, 0.1) is 11.8 Å². The van der Waals surface area contributed by atoms with Crippen molar-refractivity contribution in [3.05, 3.63) is 0 Å². The highest BCUT2D eigenvalue weighted by Crippen LogP contribution is 2.13. The highest BCUT2D eigenvalue weighted by molar-refractivity contribution is 4.70. The van der Waals surface area contributed by atoms with Gasteiger partial charge in [-0.3, -0.25) is 0 Å². The van der Waals surface area contributed by atoms with Gasteiger partial charge in [-0.15, -0.1) is 0 Å². The lowest BCUT2D eigenvalue weighted by Gasteiger charge is -2.22. The summed E-state index contributed by atoms with van der Waals surface area (Å²) in [7, 11) is 0. The third-order valence-electron chi connectivity index (χ3n) is 2.78. The van der Waals surface area contributed by atoms with Crippen LogP contribution in [0.5, 0.6) is 0 Å². The molecule has 0 aliphatic carbocycles. The molecule has 0 aliphatic rings. The molecule has 0 rings (SSSR count). The van der Waals surface area contributed by atoms with Crippen LogP contribution in [0.4, 0.5) is 0 Å². The topological polar surface area (TPSA) is 32.3 Å². The zero-order valence-corrected chi connectivity index (χ0v) is 11.6. The Morgan fingerprint density at radius 3 is 1.88 bits per heavy atom. The Labute approximate surface area is 102 Å². The smallest absolute Gasteiger partial charge is 0.0431 e. The average Bonchev–Trinajstić information content (AvgIpc) is 2.15. The van der Waals surface area contributed by atoms with Crippen molar-refractivity contribution >= 4 is 0 Å². The molecule has 16 heavy (non-hydrogen) atoms. The number of aliphatic hydroxyl groups excluding tert-OH is 1. The Morgan fingerprint density at radius 2 is 1.44 bits per heavy atom. The van der Waals surface area contributed by atoms with E-state index in [9.17, 15) is 0 Å². The van der Waals surface area contributed by atoms with Gasteiger partial charge >= 0.3 is 0 Å². The molecule has 0 saturated heterocycles. The number of unbranched alkanes of at least 4 members (excludes halogenated alkanes) is 2. The van der Waals surface area contributed by atoms with Gasteiger partial charge in [0.05, 0.1) is 0 Å². The zero-order valence-electron chi connectivity index (χ0n) is 11.6. The predicted octanol–water partition coefficient (Wildman–Crippen LogP) is 3.20. The van der Waals surface area contributed by atoms with Crippen molar-refractivity contribution in [3.8, 4) is 0 Å². The summed E-state index contributed by atoms with van der Waals surface area (Å²) in [6, 6.07) is 0.675. The van der Waals surface area contributed by atoms with Crippen molar-refractivity contribution in [2.45, 2.75) is 65.8 Å². The van der Waals surface area contributed by atoms with Crippen LogP contribution < -0.4 is 5.32 Å². The second kappa shape index (κ2) is 10.1. The molecule has 0 aromatic heterocycles. The molecule has 0 bridgehead atoms. The molecule has 0 fully saturated rings. The van der Waals surface area contributed by atoms with E-state index in [1.807, 2.05) is 0 Å². The molecule has 0 aromatic rings. The van der Waals surface area contributed by atoms with E-state index in [1.54, 1.807) is 0 Å². The summed E-state index contributed by atoms with van der Waals surface area (Å²) in [6.07, 6.45) is 5.82. The van der Waals surface area contributed by atoms with E-state index in [0.29, 0.717) is 12.6 Å². The van der Waals surface area contributed by atoms with Crippen LogP contribution in [0.3, 0.4) is 0 Å². The number of hydrogen-bond donors (Lipinski definition) is 2. The van der Waals surface area contributed by atoms with Crippen LogP contribution in [-0.2, 0) is 0 Å². The summed E-state index contributed by atoms with van der Waals surface area (Å²) in [5.41, 5.74) is 0. The van der Waals surface area contributed by atoms with Crippen molar-refractivity contribution in [2.24, 2.45) is 11.8 Å². The van der Waals surface area contributed by atoms with Gasteiger partial charge in [0.2, 0.25) is 0 Å². The first kappa shape index (κ1) is 15.9.